The highest BCUT2D eigenvalue weighted by atomic mass is 127. The van der Waals surface area contributed by atoms with Gasteiger partial charge in [-0.25, -0.2) is 0 Å². The molecule has 1 fully saturated rings. The van der Waals surface area contributed by atoms with E-state index in [0.29, 0.717) is 17.6 Å². The van der Waals surface area contributed by atoms with Gasteiger partial charge in [-0.2, -0.15) is 0 Å². The molecule has 98 valence electrons. The normalized spacial score (nSPS) is 28.1. The SMILES string of the molecule is CC1CC(C)CC(C(=O)c2cc(Br)ccc2I)C1. The Labute approximate surface area is 131 Å². The van der Waals surface area contributed by atoms with Crippen molar-refractivity contribution < 1.29 is 4.79 Å². The first-order valence-corrected chi connectivity index (χ1v) is 8.33. The second-order valence-corrected chi connectivity index (χ2v) is 7.68. The molecule has 0 aliphatic heterocycles. The van der Waals surface area contributed by atoms with Gasteiger partial charge in [0.1, 0.15) is 0 Å². The van der Waals surface area contributed by atoms with Crippen molar-refractivity contribution >= 4 is 44.3 Å². The minimum absolute atomic E-state index is 0.214. The van der Waals surface area contributed by atoms with Crippen LogP contribution < -0.4 is 0 Å². The first-order valence-electron chi connectivity index (χ1n) is 6.46. The van der Waals surface area contributed by atoms with Crippen molar-refractivity contribution in [3.63, 3.8) is 0 Å². The van der Waals surface area contributed by atoms with Crippen molar-refractivity contribution in [1.29, 1.82) is 0 Å². The van der Waals surface area contributed by atoms with E-state index in [1.54, 1.807) is 0 Å². The van der Waals surface area contributed by atoms with E-state index >= 15 is 0 Å². The predicted molar refractivity (Wildman–Crippen MR) is 86.9 cm³/mol. The fourth-order valence-electron chi connectivity index (χ4n) is 3.07. The molecule has 3 heteroatoms. The molecular weight excluding hydrogens is 403 g/mol. The van der Waals surface area contributed by atoms with Gasteiger partial charge in [0.15, 0.2) is 5.78 Å². The van der Waals surface area contributed by atoms with Crippen LogP contribution in [-0.2, 0) is 0 Å². The zero-order valence-corrected chi connectivity index (χ0v) is 14.5. The number of rotatable bonds is 2. The van der Waals surface area contributed by atoms with E-state index in [1.807, 2.05) is 18.2 Å². The van der Waals surface area contributed by atoms with E-state index in [4.69, 9.17) is 0 Å². The fraction of sp³-hybridized carbons (Fsp3) is 0.533. The van der Waals surface area contributed by atoms with Gasteiger partial charge in [-0.15, -0.1) is 0 Å². The molecule has 18 heavy (non-hydrogen) atoms. The van der Waals surface area contributed by atoms with Crippen molar-refractivity contribution in [2.24, 2.45) is 17.8 Å². The molecule has 1 aliphatic rings. The van der Waals surface area contributed by atoms with Gasteiger partial charge < -0.3 is 0 Å². The summed E-state index contributed by atoms with van der Waals surface area (Å²) in [4.78, 5) is 12.6. The van der Waals surface area contributed by atoms with Crippen LogP contribution in [0.5, 0.6) is 0 Å². The molecule has 2 atom stereocenters. The second-order valence-electron chi connectivity index (χ2n) is 5.60. The summed E-state index contributed by atoms with van der Waals surface area (Å²) in [6, 6.07) is 5.96. The summed E-state index contributed by atoms with van der Waals surface area (Å²) < 4.78 is 2.05. The highest BCUT2D eigenvalue weighted by molar-refractivity contribution is 14.1. The summed E-state index contributed by atoms with van der Waals surface area (Å²) in [6.07, 6.45) is 3.36. The highest BCUT2D eigenvalue weighted by Gasteiger charge is 2.30. The van der Waals surface area contributed by atoms with Gasteiger partial charge in [-0.1, -0.05) is 29.8 Å². The summed E-state index contributed by atoms with van der Waals surface area (Å²) in [7, 11) is 0. The average molecular weight is 421 g/mol. The molecule has 1 nitrogen and oxygen atoms in total. The van der Waals surface area contributed by atoms with Gasteiger partial charge >= 0.3 is 0 Å². The lowest BCUT2D eigenvalue weighted by Crippen LogP contribution is -2.26. The highest BCUT2D eigenvalue weighted by Crippen LogP contribution is 2.35. The molecule has 1 aromatic carbocycles. The number of hydrogen-bond donors (Lipinski definition) is 0. The van der Waals surface area contributed by atoms with Gasteiger partial charge in [0.05, 0.1) is 0 Å². The van der Waals surface area contributed by atoms with E-state index in [2.05, 4.69) is 52.4 Å². The lowest BCUT2D eigenvalue weighted by molar-refractivity contribution is 0.0835. The summed E-state index contributed by atoms with van der Waals surface area (Å²) >= 11 is 5.71. The minimum Gasteiger partial charge on any atom is -0.294 e. The van der Waals surface area contributed by atoms with Crippen LogP contribution in [-0.4, -0.2) is 5.78 Å². The molecule has 0 saturated heterocycles. The molecule has 0 radical (unpaired) electrons. The molecule has 0 heterocycles. The third-order valence-corrected chi connectivity index (χ3v) is 5.18. The quantitative estimate of drug-likeness (QED) is 0.468. The lowest BCUT2D eigenvalue weighted by atomic mass is 9.74. The maximum Gasteiger partial charge on any atom is 0.167 e. The van der Waals surface area contributed by atoms with Crippen molar-refractivity contribution in [2.75, 3.05) is 0 Å². The van der Waals surface area contributed by atoms with Crippen LogP contribution in [0, 0.1) is 21.3 Å². The number of carbonyl (C=O) groups excluding carboxylic acids is 1. The number of ketones is 1. The van der Waals surface area contributed by atoms with E-state index < -0.39 is 0 Å². The monoisotopic (exact) mass is 420 g/mol. The largest absolute Gasteiger partial charge is 0.294 e. The van der Waals surface area contributed by atoms with Crippen LogP contribution in [0.25, 0.3) is 0 Å². The lowest BCUT2D eigenvalue weighted by Gasteiger charge is -2.30. The zero-order valence-electron chi connectivity index (χ0n) is 10.7. The van der Waals surface area contributed by atoms with Gasteiger partial charge in [-0.3, -0.25) is 4.79 Å². The number of hydrogen-bond acceptors (Lipinski definition) is 1. The Kier molecular flexibility index (Phi) is 4.86. The Morgan fingerprint density at radius 3 is 2.44 bits per heavy atom. The molecule has 1 aromatic rings. The Bertz CT molecular complexity index is 448. The summed E-state index contributed by atoms with van der Waals surface area (Å²) in [5.41, 5.74) is 0.885. The topological polar surface area (TPSA) is 17.1 Å². The van der Waals surface area contributed by atoms with Gasteiger partial charge in [0.2, 0.25) is 0 Å². The minimum atomic E-state index is 0.214. The molecule has 1 saturated carbocycles. The molecule has 0 N–H and O–H groups in total. The Morgan fingerprint density at radius 1 is 1.22 bits per heavy atom. The summed E-state index contributed by atoms with van der Waals surface area (Å²) in [5, 5.41) is 0. The van der Waals surface area contributed by atoms with Gasteiger partial charge in [-0.05, 0) is 71.9 Å². The number of halogens is 2. The Hall–Kier alpha value is 0.1000. The standard InChI is InChI=1S/C15H18BrIO/c1-9-5-10(2)7-11(6-9)15(18)13-8-12(16)3-4-14(13)17/h3-4,8-11H,5-7H2,1-2H3. The summed E-state index contributed by atoms with van der Waals surface area (Å²) in [6.45, 7) is 4.53. The molecule has 2 rings (SSSR count). The van der Waals surface area contributed by atoms with Crippen molar-refractivity contribution in [1.82, 2.24) is 0 Å². The van der Waals surface area contributed by atoms with Crippen LogP contribution in [0.1, 0.15) is 43.5 Å². The Morgan fingerprint density at radius 2 is 1.83 bits per heavy atom. The van der Waals surface area contributed by atoms with Crippen molar-refractivity contribution in [2.45, 2.75) is 33.1 Å². The molecule has 0 bridgehead atoms. The molecule has 0 amide bonds. The third kappa shape index (κ3) is 3.35. The smallest absolute Gasteiger partial charge is 0.167 e. The second kappa shape index (κ2) is 6.04. The van der Waals surface area contributed by atoms with Crippen molar-refractivity contribution in [3.05, 3.63) is 31.8 Å². The predicted octanol–water partition coefficient (Wildman–Crippen LogP) is 5.31. The maximum absolute atomic E-state index is 12.6. The van der Waals surface area contributed by atoms with Crippen LogP contribution >= 0.6 is 38.5 Å². The van der Waals surface area contributed by atoms with Crippen LogP contribution in [0.2, 0.25) is 0 Å². The molecular formula is C15H18BrIO. The van der Waals surface area contributed by atoms with Gasteiger partial charge in [0, 0.05) is 19.5 Å². The molecule has 1 aliphatic carbocycles. The number of carbonyl (C=O) groups is 1. The van der Waals surface area contributed by atoms with Crippen LogP contribution in [0.15, 0.2) is 22.7 Å². The Balaban J connectivity index is 2.22. The zero-order chi connectivity index (χ0) is 13.3. The maximum atomic E-state index is 12.6. The molecule has 0 spiro atoms. The first kappa shape index (κ1) is 14.5. The van der Waals surface area contributed by atoms with Crippen LogP contribution in [0.3, 0.4) is 0 Å². The van der Waals surface area contributed by atoms with E-state index in [0.717, 1.165) is 26.4 Å². The average Bonchev–Trinajstić information content (AvgIpc) is 2.30. The number of Topliss-reactive ketones (excluding diaryl/α,β-unsaturated/α-hetero) is 1. The van der Waals surface area contributed by atoms with E-state index in [-0.39, 0.29) is 5.92 Å². The fourth-order valence-corrected chi connectivity index (χ4v) is 4.03. The number of benzene rings is 1. The first-order chi connectivity index (χ1) is 8.47. The molecule has 0 aromatic heterocycles. The van der Waals surface area contributed by atoms with Crippen molar-refractivity contribution in [3.8, 4) is 0 Å². The van der Waals surface area contributed by atoms with Crippen LogP contribution in [0.4, 0.5) is 0 Å². The van der Waals surface area contributed by atoms with Gasteiger partial charge in [0.25, 0.3) is 0 Å². The molecule has 2 unspecified atom stereocenters. The van der Waals surface area contributed by atoms with E-state index in [1.165, 1.54) is 6.42 Å². The summed E-state index contributed by atoms with van der Waals surface area (Å²) in [5.74, 6) is 1.89. The third-order valence-electron chi connectivity index (χ3n) is 3.74. The van der Waals surface area contributed by atoms with E-state index in [9.17, 15) is 4.79 Å².